The predicted octanol–water partition coefficient (Wildman–Crippen LogP) is 4.57. The number of hydrogen-bond acceptors (Lipinski definition) is 6. The van der Waals surface area contributed by atoms with E-state index in [0.717, 1.165) is 17.3 Å². The molecule has 1 amide bonds. The molecule has 0 aliphatic carbocycles. The van der Waals surface area contributed by atoms with Crippen molar-refractivity contribution in [2.24, 2.45) is 0 Å². The molecule has 1 saturated heterocycles. The van der Waals surface area contributed by atoms with Gasteiger partial charge in [0.2, 0.25) is 0 Å². The van der Waals surface area contributed by atoms with E-state index in [9.17, 15) is 14.9 Å². The highest BCUT2D eigenvalue weighted by molar-refractivity contribution is 8.27. The molecule has 0 aromatic heterocycles. The van der Waals surface area contributed by atoms with Crippen LogP contribution in [-0.2, 0) is 4.79 Å². The molecule has 1 aliphatic rings. The topological polar surface area (TPSA) is 72.7 Å². The summed E-state index contributed by atoms with van der Waals surface area (Å²) in [5.41, 5.74) is 0.999. The number of carbonyl (C=O) groups is 1. The van der Waals surface area contributed by atoms with Gasteiger partial charge < -0.3 is 4.74 Å². The van der Waals surface area contributed by atoms with E-state index in [0.29, 0.717) is 27.3 Å². The average Bonchev–Trinajstić information content (AvgIpc) is 2.94. The van der Waals surface area contributed by atoms with E-state index in [1.54, 1.807) is 24.3 Å². The van der Waals surface area contributed by atoms with Crippen molar-refractivity contribution in [3.63, 3.8) is 0 Å². The fourth-order valence-electron chi connectivity index (χ4n) is 2.46. The molecule has 2 aromatic rings. The number of rotatable bonds is 6. The van der Waals surface area contributed by atoms with Crippen molar-refractivity contribution in [3.05, 3.63) is 81.8 Å². The van der Waals surface area contributed by atoms with Gasteiger partial charge in [-0.15, -0.1) is 0 Å². The van der Waals surface area contributed by atoms with Gasteiger partial charge in [-0.1, -0.05) is 60.9 Å². The average molecular weight is 398 g/mol. The van der Waals surface area contributed by atoms with Gasteiger partial charge in [-0.3, -0.25) is 19.8 Å². The van der Waals surface area contributed by atoms with E-state index in [1.807, 2.05) is 18.2 Å². The molecule has 0 atom stereocenters. The number of hydrogen-bond donors (Lipinski definition) is 0. The molecule has 8 heteroatoms. The van der Waals surface area contributed by atoms with Gasteiger partial charge in [0.1, 0.15) is 12.4 Å². The third-order valence-corrected chi connectivity index (χ3v) is 4.96. The first-order valence-corrected chi connectivity index (χ1v) is 9.09. The first kappa shape index (κ1) is 18.8. The summed E-state index contributed by atoms with van der Waals surface area (Å²) >= 11 is 6.46. The van der Waals surface area contributed by atoms with Crippen LogP contribution in [-0.4, -0.2) is 21.8 Å². The maximum Gasteiger partial charge on any atom is 0.271 e. The Labute approximate surface area is 165 Å². The van der Waals surface area contributed by atoms with Crippen LogP contribution in [0, 0.1) is 10.1 Å². The zero-order valence-corrected chi connectivity index (χ0v) is 15.7. The third-order valence-electron chi connectivity index (χ3n) is 3.65. The lowest BCUT2D eigenvalue weighted by Crippen LogP contribution is -2.27. The van der Waals surface area contributed by atoms with Crippen LogP contribution in [0.25, 0.3) is 6.08 Å². The van der Waals surface area contributed by atoms with E-state index in [4.69, 9.17) is 17.0 Å². The van der Waals surface area contributed by atoms with Crippen LogP contribution >= 0.6 is 24.0 Å². The predicted molar refractivity (Wildman–Crippen MR) is 111 cm³/mol. The molecule has 0 unspecified atom stereocenters. The number of non-ortho nitro benzene ring substituents is 1. The van der Waals surface area contributed by atoms with Gasteiger partial charge in [0.05, 0.1) is 15.5 Å². The number of benzene rings is 2. The Morgan fingerprint density at radius 3 is 2.78 bits per heavy atom. The molecule has 1 fully saturated rings. The summed E-state index contributed by atoms with van der Waals surface area (Å²) in [6.45, 7) is 3.97. The van der Waals surface area contributed by atoms with Crippen molar-refractivity contribution in [1.82, 2.24) is 0 Å². The lowest BCUT2D eigenvalue weighted by molar-refractivity contribution is -0.384. The number of carbonyl (C=O) groups excluding carboxylic acids is 1. The standard InChI is InChI=1S/C19H14N2O4S2/c1-2-10-25-16-9-4-3-6-13(16)11-17-18(22)20(19(26)27-17)14-7-5-8-15(12-14)21(23)24/h2-9,11-12H,1,10H2/b17-11+. The molecule has 0 radical (unpaired) electrons. The van der Waals surface area contributed by atoms with Gasteiger partial charge >= 0.3 is 0 Å². The number of thioether (sulfide) groups is 1. The molecule has 0 saturated carbocycles. The molecule has 1 heterocycles. The van der Waals surface area contributed by atoms with Gasteiger partial charge in [-0.2, -0.15) is 0 Å². The minimum absolute atomic E-state index is 0.103. The number of nitrogens with zero attached hydrogens (tertiary/aromatic N) is 2. The highest BCUT2D eigenvalue weighted by atomic mass is 32.2. The summed E-state index contributed by atoms with van der Waals surface area (Å²) < 4.78 is 5.92. The van der Waals surface area contributed by atoms with Crippen LogP contribution in [0.5, 0.6) is 5.75 Å². The van der Waals surface area contributed by atoms with Crippen LogP contribution in [0.15, 0.2) is 66.1 Å². The number of para-hydroxylation sites is 1. The Balaban J connectivity index is 1.93. The van der Waals surface area contributed by atoms with E-state index in [2.05, 4.69) is 6.58 Å². The van der Waals surface area contributed by atoms with Crippen LogP contribution in [0.1, 0.15) is 5.56 Å². The van der Waals surface area contributed by atoms with Crippen molar-refractivity contribution in [2.75, 3.05) is 11.5 Å². The maximum absolute atomic E-state index is 12.8. The largest absolute Gasteiger partial charge is 0.489 e. The highest BCUT2D eigenvalue weighted by Gasteiger charge is 2.34. The second-order valence-electron chi connectivity index (χ2n) is 5.43. The molecule has 2 aromatic carbocycles. The lowest BCUT2D eigenvalue weighted by atomic mass is 10.2. The first-order chi connectivity index (χ1) is 13.0. The quantitative estimate of drug-likeness (QED) is 0.233. The van der Waals surface area contributed by atoms with Crippen LogP contribution < -0.4 is 9.64 Å². The number of ether oxygens (including phenoxy) is 1. The Bertz CT molecular complexity index is 972. The number of nitro groups is 1. The first-order valence-electron chi connectivity index (χ1n) is 7.86. The number of anilines is 1. The van der Waals surface area contributed by atoms with Crippen molar-refractivity contribution in [1.29, 1.82) is 0 Å². The molecular formula is C19H14N2O4S2. The molecule has 27 heavy (non-hydrogen) atoms. The number of thiocarbonyl (C=S) groups is 1. The smallest absolute Gasteiger partial charge is 0.271 e. The third kappa shape index (κ3) is 4.07. The summed E-state index contributed by atoms with van der Waals surface area (Å²) in [6.07, 6.45) is 3.34. The zero-order valence-electron chi connectivity index (χ0n) is 14.0. The Hall–Kier alpha value is -2.97. The van der Waals surface area contributed by atoms with Gasteiger partial charge in [-0.05, 0) is 18.2 Å². The molecule has 0 N–H and O–H groups in total. The zero-order chi connectivity index (χ0) is 19.4. The molecule has 6 nitrogen and oxygen atoms in total. The fraction of sp³-hybridized carbons (Fsp3) is 0.0526. The Morgan fingerprint density at radius 1 is 1.26 bits per heavy atom. The lowest BCUT2D eigenvalue weighted by Gasteiger charge is -2.14. The van der Waals surface area contributed by atoms with E-state index >= 15 is 0 Å². The van der Waals surface area contributed by atoms with Crippen LogP contribution in [0.4, 0.5) is 11.4 Å². The van der Waals surface area contributed by atoms with Crippen LogP contribution in [0.3, 0.4) is 0 Å². The highest BCUT2D eigenvalue weighted by Crippen LogP contribution is 2.37. The van der Waals surface area contributed by atoms with E-state index in [-0.39, 0.29) is 11.6 Å². The van der Waals surface area contributed by atoms with Gasteiger partial charge in [-0.25, -0.2) is 0 Å². The summed E-state index contributed by atoms with van der Waals surface area (Å²) in [4.78, 5) is 25.0. The van der Waals surface area contributed by atoms with Gasteiger partial charge in [0, 0.05) is 17.7 Å². The second kappa shape index (κ2) is 8.15. The minimum Gasteiger partial charge on any atom is -0.489 e. The summed E-state index contributed by atoms with van der Waals surface area (Å²) in [6, 6.07) is 13.1. The number of nitro benzene ring substituents is 1. The van der Waals surface area contributed by atoms with Crippen molar-refractivity contribution in [3.8, 4) is 5.75 Å². The van der Waals surface area contributed by atoms with Gasteiger partial charge in [0.25, 0.3) is 11.6 Å². The minimum atomic E-state index is -0.510. The monoisotopic (exact) mass is 398 g/mol. The van der Waals surface area contributed by atoms with Crippen molar-refractivity contribution in [2.45, 2.75) is 0 Å². The normalized spacial score (nSPS) is 15.3. The molecule has 1 aliphatic heterocycles. The maximum atomic E-state index is 12.8. The molecule has 3 rings (SSSR count). The Morgan fingerprint density at radius 2 is 2.04 bits per heavy atom. The molecule has 0 spiro atoms. The van der Waals surface area contributed by atoms with Crippen LogP contribution in [0.2, 0.25) is 0 Å². The SMILES string of the molecule is C=CCOc1ccccc1/C=C1/SC(=S)N(c2cccc([N+](=O)[O-])c2)C1=O. The van der Waals surface area contributed by atoms with E-state index < -0.39 is 4.92 Å². The summed E-state index contributed by atoms with van der Waals surface area (Å²) in [5.74, 6) is 0.294. The molecule has 136 valence electrons. The van der Waals surface area contributed by atoms with Crippen molar-refractivity contribution < 1.29 is 14.5 Å². The fourth-order valence-corrected chi connectivity index (χ4v) is 3.75. The summed E-state index contributed by atoms with van der Waals surface area (Å²) in [7, 11) is 0. The Kier molecular flexibility index (Phi) is 5.68. The molecular weight excluding hydrogens is 384 g/mol. The number of amides is 1. The molecule has 0 bridgehead atoms. The summed E-state index contributed by atoms with van der Waals surface area (Å²) in [5, 5.41) is 11.0. The van der Waals surface area contributed by atoms with Crippen molar-refractivity contribution >= 4 is 51.7 Å². The van der Waals surface area contributed by atoms with E-state index in [1.165, 1.54) is 23.1 Å². The van der Waals surface area contributed by atoms with Gasteiger partial charge in [0.15, 0.2) is 4.32 Å². The second-order valence-corrected chi connectivity index (χ2v) is 7.11.